The predicted molar refractivity (Wildman–Crippen MR) is 133 cm³/mol. The minimum atomic E-state index is -0.649. The van der Waals surface area contributed by atoms with Crippen LogP contribution in [-0.2, 0) is 14.4 Å². The summed E-state index contributed by atoms with van der Waals surface area (Å²) in [5, 5.41) is 8.60. The van der Waals surface area contributed by atoms with Crippen molar-refractivity contribution in [2.24, 2.45) is 0 Å². The molecule has 0 aliphatic carbocycles. The molecule has 3 N–H and O–H groups in total. The maximum absolute atomic E-state index is 12.5. The van der Waals surface area contributed by atoms with E-state index in [0.717, 1.165) is 57.8 Å². The Balaban J connectivity index is 4.24. The van der Waals surface area contributed by atoms with Crippen LogP contribution in [0.5, 0.6) is 0 Å². The Morgan fingerprint density at radius 3 is 1.91 bits per heavy atom. The van der Waals surface area contributed by atoms with Gasteiger partial charge in [-0.15, -0.1) is 0 Å². The highest BCUT2D eigenvalue weighted by Gasteiger charge is 2.21. The Labute approximate surface area is 196 Å². The molecule has 0 unspecified atom stereocenters. The second kappa shape index (κ2) is 22.3. The number of amides is 3. The molecule has 0 aliphatic rings. The van der Waals surface area contributed by atoms with Crippen LogP contribution in [0.2, 0.25) is 0 Å². The van der Waals surface area contributed by atoms with Crippen molar-refractivity contribution in [2.75, 3.05) is 13.1 Å². The fourth-order valence-corrected chi connectivity index (χ4v) is 3.27. The van der Waals surface area contributed by atoms with Crippen molar-refractivity contribution < 1.29 is 14.4 Å². The van der Waals surface area contributed by atoms with E-state index >= 15 is 0 Å². The molecule has 0 aromatic carbocycles. The van der Waals surface area contributed by atoms with Crippen LogP contribution in [0.25, 0.3) is 0 Å². The highest BCUT2D eigenvalue weighted by atomic mass is 16.2. The lowest BCUT2D eigenvalue weighted by atomic mass is 10.1. The van der Waals surface area contributed by atoms with Crippen molar-refractivity contribution >= 4 is 17.7 Å². The van der Waals surface area contributed by atoms with E-state index in [-0.39, 0.29) is 24.1 Å². The largest absolute Gasteiger partial charge is 0.356 e. The van der Waals surface area contributed by atoms with E-state index in [4.69, 9.17) is 0 Å². The Morgan fingerprint density at radius 1 is 0.656 bits per heavy atom. The van der Waals surface area contributed by atoms with Crippen LogP contribution in [0.3, 0.4) is 0 Å². The van der Waals surface area contributed by atoms with Crippen molar-refractivity contribution in [3.05, 3.63) is 12.2 Å². The van der Waals surface area contributed by atoms with Gasteiger partial charge in [-0.25, -0.2) is 0 Å². The molecule has 32 heavy (non-hydrogen) atoms. The predicted octanol–water partition coefficient (Wildman–Crippen LogP) is 5.17. The van der Waals surface area contributed by atoms with E-state index in [1.165, 1.54) is 19.3 Å². The van der Waals surface area contributed by atoms with Gasteiger partial charge in [-0.05, 0) is 44.9 Å². The van der Waals surface area contributed by atoms with E-state index in [2.05, 4.69) is 48.9 Å². The molecule has 1 atom stereocenters. The number of rotatable bonds is 21. The van der Waals surface area contributed by atoms with E-state index in [1.807, 2.05) is 0 Å². The third kappa shape index (κ3) is 18.9. The molecule has 6 heteroatoms. The van der Waals surface area contributed by atoms with Crippen molar-refractivity contribution in [3.8, 4) is 0 Å². The third-order valence-electron chi connectivity index (χ3n) is 5.41. The van der Waals surface area contributed by atoms with Gasteiger partial charge in [0.1, 0.15) is 6.04 Å². The molecule has 3 amide bonds. The molecule has 0 saturated carbocycles. The SMILES string of the molecule is CCCC/C=C/CCCCCCC(=O)N[C@@H](CCC(=O)NCCCC)C(=O)NCCCC. The quantitative estimate of drug-likeness (QED) is 0.166. The summed E-state index contributed by atoms with van der Waals surface area (Å²) in [5.41, 5.74) is 0. The molecule has 0 heterocycles. The zero-order valence-electron chi connectivity index (χ0n) is 21.0. The van der Waals surface area contributed by atoms with E-state index in [0.29, 0.717) is 25.9 Å². The van der Waals surface area contributed by atoms with E-state index in [1.54, 1.807) is 0 Å². The van der Waals surface area contributed by atoms with Gasteiger partial charge in [0.25, 0.3) is 0 Å². The fourth-order valence-electron chi connectivity index (χ4n) is 3.27. The summed E-state index contributed by atoms with van der Waals surface area (Å²) in [6.45, 7) is 7.59. The van der Waals surface area contributed by atoms with Gasteiger partial charge in [-0.3, -0.25) is 14.4 Å². The maximum atomic E-state index is 12.5. The van der Waals surface area contributed by atoms with Crippen LogP contribution < -0.4 is 16.0 Å². The molecule has 0 bridgehead atoms. The number of hydrogen-bond donors (Lipinski definition) is 3. The Morgan fingerprint density at radius 2 is 1.25 bits per heavy atom. The van der Waals surface area contributed by atoms with Crippen LogP contribution in [0, 0.1) is 0 Å². The molecular weight excluding hydrogens is 402 g/mol. The van der Waals surface area contributed by atoms with Crippen LogP contribution >= 0.6 is 0 Å². The summed E-state index contributed by atoms with van der Waals surface area (Å²) in [7, 11) is 0. The molecule has 0 spiro atoms. The van der Waals surface area contributed by atoms with Gasteiger partial charge in [0, 0.05) is 25.9 Å². The topological polar surface area (TPSA) is 87.3 Å². The molecule has 0 saturated heterocycles. The zero-order valence-corrected chi connectivity index (χ0v) is 21.0. The number of carbonyl (C=O) groups is 3. The monoisotopic (exact) mass is 451 g/mol. The van der Waals surface area contributed by atoms with Gasteiger partial charge in [0.15, 0.2) is 0 Å². The molecular formula is C26H49N3O3. The standard InChI is InChI=1S/C26H49N3O3/c1-4-7-10-11-12-13-14-15-16-17-18-25(31)29-23(26(32)28-22-9-6-3)19-20-24(30)27-21-8-5-2/h11-12,23H,4-10,13-22H2,1-3H3,(H,27,30)(H,28,32)(H,29,31)/b12-11+/t23-/m0/s1. The lowest BCUT2D eigenvalue weighted by Gasteiger charge is -2.18. The molecule has 0 fully saturated rings. The molecule has 0 aliphatic heterocycles. The van der Waals surface area contributed by atoms with Gasteiger partial charge >= 0.3 is 0 Å². The van der Waals surface area contributed by atoms with Crippen molar-refractivity contribution in [2.45, 2.75) is 123 Å². The Bertz CT molecular complexity index is 520. The van der Waals surface area contributed by atoms with Crippen LogP contribution in [0.4, 0.5) is 0 Å². The van der Waals surface area contributed by atoms with Crippen molar-refractivity contribution in [1.82, 2.24) is 16.0 Å². The first-order valence-electron chi connectivity index (χ1n) is 13.0. The summed E-state index contributed by atoms with van der Waals surface area (Å²) < 4.78 is 0. The molecule has 186 valence electrons. The number of nitrogens with one attached hydrogen (secondary N) is 3. The van der Waals surface area contributed by atoms with Crippen LogP contribution in [-0.4, -0.2) is 36.9 Å². The number of unbranched alkanes of at least 4 members (excludes halogenated alkanes) is 8. The molecule has 0 radical (unpaired) electrons. The maximum Gasteiger partial charge on any atom is 0.242 e. The lowest BCUT2D eigenvalue weighted by Crippen LogP contribution is -2.47. The van der Waals surface area contributed by atoms with E-state index < -0.39 is 6.04 Å². The third-order valence-corrected chi connectivity index (χ3v) is 5.41. The van der Waals surface area contributed by atoms with Gasteiger partial charge in [0.2, 0.25) is 17.7 Å². The lowest BCUT2D eigenvalue weighted by molar-refractivity contribution is -0.129. The highest BCUT2D eigenvalue weighted by molar-refractivity contribution is 5.88. The first kappa shape index (κ1) is 30.1. The minimum absolute atomic E-state index is 0.0669. The number of hydrogen-bond acceptors (Lipinski definition) is 3. The summed E-state index contributed by atoms with van der Waals surface area (Å²) >= 11 is 0. The normalized spacial score (nSPS) is 12.0. The Kier molecular flexibility index (Phi) is 21.1. The first-order valence-corrected chi connectivity index (χ1v) is 13.0. The first-order chi connectivity index (χ1) is 15.5. The molecule has 0 aromatic rings. The summed E-state index contributed by atoms with van der Waals surface area (Å²) in [5.74, 6) is -0.364. The van der Waals surface area contributed by atoms with Gasteiger partial charge in [-0.1, -0.05) is 71.4 Å². The minimum Gasteiger partial charge on any atom is -0.356 e. The zero-order chi connectivity index (χ0) is 23.9. The van der Waals surface area contributed by atoms with Crippen molar-refractivity contribution in [3.63, 3.8) is 0 Å². The van der Waals surface area contributed by atoms with Crippen molar-refractivity contribution in [1.29, 1.82) is 0 Å². The fraction of sp³-hybridized carbons (Fsp3) is 0.808. The van der Waals surface area contributed by atoms with E-state index in [9.17, 15) is 14.4 Å². The molecule has 0 aromatic heterocycles. The second-order valence-electron chi connectivity index (χ2n) is 8.57. The van der Waals surface area contributed by atoms with Gasteiger partial charge in [0.05, 0.1) is 0 Å². The van der Waals surface area contributed by atoms with Crippen LogP contribution in [0.15, 0.2) is 12.2 Å². The smallest absolute Gasteiger partial charge is 0.242 e. The average molecular weight is 452 g/mol. The summed E-state index contributed by atoms with van der Waals surface area (Å²) in [6.07, 6.45) is 18.3. The van der Waals surface area contributed by atoms with Gasteiger partial charge < -0.3 is 16.0 Å². The van der Waals surface area contributed by atoms with Gasteiger partial charge in [-0.2, -0.15) is 0 Å². The highest BCUT2D eigenvalue weighted by Crippen LogP contribution is 2.08. The molecule has 0 rings (SSSR count). The summed E-state index contributed by atoms with van der Waals surface area (Å²) in [6, 6.07) is -0.649. The number of carbonyl (C=O) groups excluding carboxylic acids is 3. The number of allylic oxidation sites excluding steroid dienone is 2. The van der Waals surface area contributed by atoms with Crippen LogP contribution in [0.1, 0.15) is 117 Å². The Hall–Kier alpha value is -1.85. The second-order valence-corrected chi connectivity index (χ2v) is 8.57. The average Bonchev–Trinajstić information content (AvgIpc) is 2.78. The summed E-state index contributed by atoms with van der Waals surface area (Å²) in [4.78, 5) is 36.9. The molecule has 6 nitrogen and oxygen atoms in total.